The highest BCUT2D eigenvalue weighted by Gasteiger charge is 2.19. The minimum absolute atomic E-state index is 0.0267. The van der Waals surface area contributed by atoms with E-state index in [-0.39, 0.29) is 12.0 Å². The molecule has 0 bridgehead atoms. The van der Waals surface area contributed by atoms with Gasteiger partial charge in [0.15, 0.2) is 0 Å². The third kappa shape index (κ3) is 3.63. The van der Waals surface area contributed by atoms with E-state index in [0.717, 1.165) is 13.1 Å². The molecule has 0 saturated carbocycles. The Morgan fingerprint density at radius 3 is 3.26 bits per heavy atom. The second-order valence-corrected chi connectivity index (χ2v) is 4.53. The molecule has 1 aliphatic heterocycles. The third-order valence-corrected chi connectivity index (χ3v) is 3.05. The Hall–Kier alpha value is -1.70. The number of pyridine rings is 1. The Balaban J connectivity index is 1.90. The average molecular weight is 265 g/mol. The maximum atomic E-state index is 12.0. The highest BCUT2D eigenvalue weighted by Crippen LogP contribution is 2.11. The molecule has 0 aliphatic carbocycles. The van der Waals surface area contributed by atoms with Gasteiger partial charge in [-0.2, -0.15) is 0 Å². The summed E-state index contributed by atoms with van der Waals surface area (Å²) in [6, 6.07) is 1.62. The molecule has 2 rings (SSSR count). The van der Waals surface area contributed by atoms with Crippen molar-refractivity contribution in [1.29, 1.82) is 0 Å². The standard InChI is InChI=1S/C12H19N5O2/c1-17-4-5-19-9(8-17)6-15-12(18)10-2-3-14-7-11(10)16-13/h2-3,7,9,16H,4-6,8,13H2,1H3,(H,15,18). The summed E-state index contributed by atoms with van der Waals surface area (Å²) in [6.07, 6.45) is 3.10. The molecule has 1 aliphatic rings. The lowest BCUT2D eigenvalue weighted by atomic mass is 10.2. The van der Waals surface area contributed by atoms with E-state index in [4.69, 9.17) is 10.6 Å². The number of amides is 1. The highest BCUT2D eigenvalue weighted by molar-refractivity contribution is 5.99. The van der Waals surface area contributed by atoms with E-state index >= 15 is 0 Å². The number of hydrogen-bond acceptors (Lipinski definition) is 6. The van der Waals surface area contributed by atoms with Crippen LogP contribution in [0.4, 0.5) is 5.69 Å². The van der Waals surface area contributed by atoms with Crippen LogP contribution in [-0.4, -0.2) is 55.2 Å². The summed E-state index contributed by atoms with van der Waals surface area (Å²) in [6.45, 7) is 2.92. The van der Waals surface area contributed by atoms with Gasteiger partial charge in [0, 0.05) is 25.8 Å². The zero-order valence-corrected chi connectivity index (χ0v) is 10.9. The summed E-state index contributed by atoms with van der Waals surface area (Å²) in [5, 5.41) is 2.85. The lowest BCUT2D eigenvalue weighted by Crippen LogP contribution is -2.46. The molecule has 2 heterocycles. The van der Waals surface area contributed by atoms with Crippen LogP contribution in [0, 0.1) is 0 Å². The molecule has 7 heteroatoms. The van der Waals surface area contributed by atoms with E-state index in [9.17, 15) is 4.79 Å². The van der Waals surface area contributed by atoms with Crippen LogP contribution in [-0.2, 0) is 4.74 Å². The predicted molar refractivity (Wildman–Crippen MR) is 71.6 cm³/mol. The lowest BCUT2D eigenvalue weighted by Gasteiger charge is -2.30. The van der Waals surface area contributed by atoms with Crippen molar-refractivity contribution in [3.63, 3.8) is 0 Å². The van der Waals surface area contributed by atoms with Crippen molar-refractivity contribution in [2.24, 2.45) is 5.84 Å². The van der Waals surface area contributed by atoms with Crippen LogP contribution in [0.2, 0.25) is 0 Å². The number of carbonyl (C=O) groups excluding carboxylic acids is 1. The van der Waals surface area contributed by atoms with E-state index in [2.05, 4.69) is 20.6 Å². The molecule has 104 valence electrons. The fraction of sp³-hybridized carbons (Fsp3) is 0.500. The Labute approximate surface area is 112 Å². The molecular formula is C12H19N5O2. The maximum absolute atomic E-state index is 12.0. The Morgan fingerprint density at radius 1 is 1.68 bits per heavy atom. The quantitative estimate of drug-likeness (QED) is 0.498. The van der Waals surface area contributed by atoms with Gasteiger partial charge in [-0.1, -0.05) is 0 Å². The SMILES string of the molecule is CN1CCOC(CNC(=O)c2ccncc2NN)C1. The van der Waals surface area contributed by atoms with Crippen LogP contribution in [0.5, 0.6) is 0 Å². The first kappa shape index (κ1) is 13.7. The number of nitrogen functional groups attached to an aromatic ring is 1. The van der Waals surface area contributed by atoms with Gasteiger partial charge in [0.25, 0.3) is 5.91 Å². The fourth-order valence-electron chi connectivity index (χ4n) is 2.00. The average Bonchev–Trinajstić information content (AvgIpc) is 2.45. The highest BCUT2D eigenvalue weighted by atomic mass is 16.5. The van der Waals surface area contributed by atoms with Crippen molar-refractivity contribution in [3.05, 3.63) is 24.0 Å². The summed E-state index contributed by atoms with van der Waals surface area (Å²) in [5.74, 6) is 5.16. The molecule has 0 aromatic carbocycles. The smallest absolute Gasteiger partial charge is 0.253 e. The van der Waals surface area contributed by atoms with Gasteiger partial charge in [0.05, 0.1) is 30.2 Å². The van der Waals surface area contributed by atoms with Crippen molar-refractivity contribution in [1.82, 2.24) is 15.2 Å². The summed E-state index contributed by atoms with van der Waals surface area (Å²) >= 11 is 0. The van der Waals surface area contributed by atoms with E-state index in [0.29, 0.717) is 24.4 Å². The molecule has 0 radical (unpaired) electrons. The number of likely N-dealkylation sites (N-methyl/N-ethyl adjacent to an activating group) is 1. The second kappa shape index (κ2) is 6.46. The largest absolute Gasteiger partial charge is 0.374 e. The molecule has 1 amide bonds. The number of ether oxygens (including phenoxy) is 1. The number of anilines is 1. The number of nitrogens with two attached hydrogens (primary N) is 1. The second-order valence-electron chi connectivity index (χ2n) is 4.53. The number of rotatable bonds is 4. The van der Waals surface area contributed by atoms with Crippen molar-refractivity contribution >= 4 is 11.6 Å². The molecule has 0 spiro atoms. The Bertz CT molecular complexity index is 440. The number of nitrogens with one attached hydrogen (secondary N) is 2. The minimum Gasteiger partial charge on any atom is -0.374 e. The van der Waals surface area contributed by atoms with E-state index in [1.807, 2.05) is 7.05 Å². The molecule has 1 unspecified atom stereocenters. The monoisotopic (exact) mass is 265 g/mol. The molecule has 1 saturated heterocycles. The van der Waals surface area contributed by atoms with Crippen molar-refractivity contribution in [2.75, 3.05) is 38.7 Å². The van der Waals surface area contributed by atoms with Crippen molar-refractivity contribution in [3.8, 4) is 0 Å². The molecule has 1 aromatic rings. The van der Waals surface area contributed by atoms with Crippen LogP contribution < -0.4 is 16.6 Å². The summed E-state index contributed by atoms with van der Waals surface area (Å²) in [4.78, 5) is 18.1. The molecule has 1 aromatic heterocycles. The van der Waals surface area contributed by atoms with Gasteiger partial charge in [-0.3, -0.25) is 15.6 Å². The Kier molecular flexibility index (Phi) is 4.67. The van der Waals surface area contributed by atoms with Crippen LogP contribution in [0.15, 0.2) is 18.5 Å². The number of hydrogen-bond donors (Lipinski definition) is 3. The van der Waals surface area contributed by atoms with Gasteiger partial charge < -0.3 is 20.4 Å². The van der Waals surface area contributed by atoms with Gasteiger partial charge in [-0.25, -0.2) is 0 Å². The molecule has 1 atom stereocenters. The number of hydrazine groups is 1. The normalized spacial score (nSPS) is 20.0. The first-order chi connectivity index (χ1) is 9.20. The number of aromatic nitrogens is 1. The first-order valence-electron chi connectivity index (χ1n) is 6.19. The molecule has 4 N–H and O–H groups in total. The van der Waals surface area contributed by atoms with Crippen molar-refractivity contribution < 1.29 is 9.53 Å². The molecule has 19 heavy (non-hydrogen) atoms. The van der Waals surface area contributed by atoms with E-state index in [1.165, 1.54) is 6.20 Å². The van der Waals surface area contributed by atoms with Gasteiger partial charge in [-0.05, 0) is 13.1 Å². The van der Waals surface area contributed by atoms with E-state index in [1.54, 1.807) is 12.3 Å². The molecule has 1 fully saturated rings. The van der Waals surface area contributed by atoms with E-state index < -0.39 is 0 Å². The number of nitrogens with zero attached hydrogens (tertiary/aromatic N) is 2. The lowest BCUT2D eigenvalue weighted by molar-refractivity contribution is -0.0174. The summed E-state index contributed by atoms with van der Waals surface area (Å²) < 4.78 is 5.58. The van der Waals surface area contributed by atoms with Crippen LogP contribution in [0.25, 0.3) is 0 Å². The topological polar surface area (TPSA) is 92.5 Å². The molecular weight excluding hydrogens is 246 g/mol. The van der Waals surface area contributed by atoms with Gasteiger partial charge >= 0.3 is 0 Å². The predicted octanol–water partition coefficient (Wildman–Crippen LogP) is -0.572. The van der Waals surface area contributed by atoms with Crippen LogP contribution in [0.3, 0.4) is 0 Å². The maximum Gasteiger partial charge on any atom is 0.253 e. The summed E-state index contributed by atoms with van der Waals surface area (Å²) in [7, 11) is 2.04. The number of morpholine rings is 1. The van der Waals surface area contributed by atoms with Crippen molar-refractivity contribution in [2.45, 2.75) is 6.10 Å². The minimum atomic E-state index is -0.188. The first-order valence-corrected chi connectivity index (χ1v) is 6.19. The zero-order chi connectivity index (χ0) is 13.7. The Morgan fingerprint density at radius 2 is 2.53 bits per heavy atom. The van der Waals surface area contributed by atoms with Gasteiger partial charge in [-0.15, -0.1) is 0 Å². The van der Waals surface area contributed by atoms with Gasteiger partial charge in [0.1, 0.15) is 0 Å². The fourth-order valence-corrected chi connectivity index (χ4v) is 2.00. The summed E-state index contributed by atoms with van der Waals surface area (Å²) in [5.41, 5.74) is 3.43. The zero-order valence-electron chi connectivity index (χ0n) is 10.9. The van der Waals surface area contributed by atoms with Gasteiger partial charge in [0.2, 0.25) is 0 Å². The number of carbonyl (C=O) groups is 1. The molecule has 7 nitrogen and oxygen atoms in total. The third-order valence-electron chi connectivity index (χ3n) is 3.05. The van der Waals surface area contributed by atoms with Crippen LogP contribution >= 0.6 is 0 Å². The van der Waals surface area contributed by atoms with Crippen LogP contribution in [0.1, 0.15) is 10.4 Å².